The van der Waals surface area contributed by atoms with Crippen LogP contribution in [0.25, 0.3) is 0 Å². The number of alkyl carbamates (subject to hydrolysis) is 1. The van der Waals surface area contributed by atoms with Crippen LogP contribution in [0.4, 0.5) is 4.79 Å². The van der Waals surface area contributed by atoms with Gasteiger partial charge >= 0.3 is 12.1 Å². The monoisotopic (exact) mass is 245 g/mol. The second-order valence-corrected chi connectivity index (χ2v) is 5.39. The minimum absolute atomic E-state index is 0.609. The smallest absolute Gasteiger partial charge is 0.408 e. The van der Waals surface area contributed by atoms with Crippen LogP contribution >= 0.6 is 0 Å². The van der Waals surface area contributed by atoms with Gasteiger partial charge in [0.05, 0.1) is 0 Å². The molecule has 0 aromatic carbocycles. The minimum atomic E-state index is -1.09. The van der Waals surface area contributed by atoms with Gasteiger partial charge < -0.3 is 15.2 Å². The highest BCUT2D eigenvalue weighted by molar-refractivity contribution is 5.79. The van der Waals surface area contributed by atoms with Crippen LogP contribution in [0, 0.1) is 5.92 Å². The summed E-state index contributed by atoms with van der Waals surface area (Å²) in [6.07, 6.45) is 2.25. The number of hydrogen-bond donors (Lipinski definition) is 2. The van der Waals surface area contributed by atoms with Crippen LogP contribution < -0.4 is 5.32 Å². The Morgan fingerprint density at radius 1 is 1.35 bits per heavy atom. The number of nitrogens with one attached hydrogen (secondary N) is 1. The highest BCUT2D eigenvalue weighted by Crippen LogP contribution is 2.26. The summed E-state index contributed by atoms with van der Waals surface area (Å²) in [5, 5.41) is 10.6. The van der Waals surface area contributed by atoms with Crippen LogP contribution in [-0.2, 0) is 9.53 Å². The first kappa shape index (κ1) is 15.7. The number of amides is 1. The van der Waals surface area contributed by atoms with Gasteiger partial charge in [-0.25, -0.2) is 4.79 Å². The summed E-state index contributed by atoms with van der Waals surface area (Å²) >= 11 is 0. The van der Waals surface area contributed by atoms with E-state index >= 15 is 0 Å². The van der Waals surface area contributed by atoms with Crippen molar-refractivity contribution in [3.63, 3.8) is 0 Å². The van der Waals surface area contributed by atoms with Gasteiger partial charge in [0.2, 0.25) is 0 Å². The van der Waals surface area contributed by atoms with E-state index in [0.29, 0.717) is 0 Å². The van der Waals surface area contributed by atoms with E-state index in [9.17, 15) is 9.59 Å². The summed E-state index contributed by atoms with van der Waals surface area (Å²) in [4.78, 5) is 21.3. The second kappa shape index (κ2) is 6.47. The average Bonchev–Trinajstić information content (AvgIpc) is 2.84. The molecule has 1 fully saturated rings. The third kappa shape index (κ3) is 11.0. The molecule has 1 aliphatic rings. The van der Waals surface area contributed by atoms with Gasteiger partial charge in [-0.05, 0) is 33.6 Å². The normalized spacial score (nSPS) is 16.3. The molecule has 0 radical (unpaired) electrons. The maximum atomic E-state index is 11.0. The Hall–Kier alpha value is -1.26. The number of carboxylic acid groups (broad SMARTS) is 1. The number of carbonyl (C=O) groups is 2. The lowest BCUT2D eigenvalue weighted by atomic mass is 10.2. The Morgan fingerprint density at radius 3 is 2.00 bits per heavy atom. The summed E-state index contributed by atoms with van der Waals surface area (Å²) in [7, 11) is 0. The van der Waals surface area contributed by atoms with Gasteiger partial charge in [-0.3, -0.25) is 4.79 Å². The SMILES string of the molecule is CC(NC(=O)OC(C)(C)C)C(=O)O.CC1CC1. The van der Waals surface area contributed by atoms with Crippen molar-refractivity contribution in [1.82, 2.24) is 5.32 Å². The molecule has 1 saturated carbocycles. The third-order valence-electron chi connectivity index (χ3n) is 1.97. The van der Waals surface area contributed by atoms with Crippen LogP contribution in [0.2, 0.25) is 0 Å². The Bertz CT molecular complexity index is 266. The fourth-order valence-electron chi connectivity index (χ4n) is 0.713. The van der Waals surface area contributed by atoms with Crippen LogP contribution in [0.1, 0.15) is 47.5 Å². The summed E-state index contributed by atoms with van der Waals surface area (Å²) in [5.41, 5.74) is -0.609. The Balaban J connectivity index is 0.000000529. The molecule has 0 spiro atoms. The number of ether oxygens (including phenoxy) is 1. The molecule has 0 bridgehead atoms. The zero-order valence-corrected chi connectivity index (χ0v) is 11.2. The van der Waals surface area contributed by atoms with Crippen molar-refractivity contribution in [2.45, 2.75) is 59.1 Å². The molecule has 1 unspecified atom stereocenters. The van der Waals surface area contributed by atoms with E-state index in [1.807, 2.05) is 0 Å². The van der Waals surface area contributed by atoms with Gasteiger partial charge in [0.1, 0.15) is 11.6 Å². The summed E-state index contributed by atoms with van der Waals surface area (Å²) < 4.78 is 4.85. The maximum Gasteiger partial charge on any atom is 0.408 e. The highest BCUT2D eigenvalue weighted by Gasteiger charge is 2.20. The van der Waals surface area contributed by atoms with Gasteiger partial charge in [-0.2, -0.15) is 0 Å². The Morgan fingerprint density at radius 2 is 1.76 bits per heavy atom. The second-order valence-electron chi connectivity index (χ2n) is 5.39. The molecule has 0 saturated heterocycles. The molecule has 0 aromatic rings. The largest absolute Gasteiger partial charge is 0.480 e. The predicted octanol–water partition coefficient (Wildman–Crippen LogP) is 2.40. The molecule has 5 heteroatoms. The van der Waals surface area contributed by atoms with Crippen LogP contribution in [-0.4, -0.2) is 28.8 Å². The van der Waals surface area contributed by atoms with Crippen molar-refractivity contribution in [3.8, 4) is 0 Å². The summed E-state index contributed by atoms with van der Waals surface area (Å²) in [5.74, 6) is -0.00846. The number of carboxylic acids is 1. The predicted molar refractivity (Wildman–Crippen MR) is 64.9 cm³/mol. The van der Waals surface area contributed by atoms with E-state index in [0.717, 1.165) is 5.92 Å². The fourth-order valence-corrected chi connectivity index (χ4v) is 0.713. The lowest BCUT2D eigenvalue weighted by Gasteiger charge is -2.20. The van der Waals surface area contributed by atoms with E-state index in [1.54, 1.807) is 20.8 Å². The molecule has 100 valence electrons. The zero-order chi connectivity index (χ0) is 13.6. The fraction of sp³-hybridized carbons (Fsp3) is 0.833. The van der Waals surface area contributed by atoms with Gasteiger partial charge in [0.15, 0.2) is 0 Å². The lowest BCUT2D eigenvalue weighted by molar-refractivity contribution is -0.139. The van der Waals surface area contributed by atoms with E-state index in [-0.39, 0.29) is 0 Å². The standard InChI is InChI=1S/C8H15NO4.C4H8/c1-5(6(10)11)9-7(12)13-8(2,3)4;1-4-2-3-4/h5H,1-4H3,(H,9,12)(H,10,11);4H,2-3H2,1H3. The van der Waals surface area contributed by atoms with Crippen molar-refractivity contribution >= 4 is 12.1 Å². The number of aliphatic carboxylic acids is 1. The molecule has 0 aliphatic heterocycles. The number of carbonyl (C=O) groups excluding carboxylic acids is 1. The topological polar surface area (TPSA) is 75.6 Å². The molecule has 1 rings (SSSR count). The number of rotatable bonds is 2. The molecule has 1 aliphatic carbocycles. The molecule has 5 nitrogen and oxygen atoms in total. The van der Waals surface area contributed by atoms with Crippen LogP contribution in [0.3, 0.4) is 0 Å². The third-order valence-corrected chi connectivity index (χ3v) is 1.97. The lowest BCUT2D eigenvalue weighted by Crippen LogP contribution is -2.41. The Labute approximate surface area is 103 Å². The molecule has 1 atom stereocenters. The Kier molecular flexibility index (Phi) is 5.99. The molecule has 17 heavy (non-hydrogen) atoms. The maximum absolute atomic E-state index is 11.0. The van der Waals surface area contributed by atoms with E-state index in [1.165, 1.54) is 19.8 Å². The van der Waals surface area contributed by atoms with E-state index < -0.39 is 23.7 Å². The van der Waals surface area contributed by atoms with Gasteiger partial charge in [0.25, 0.3) is 0 Å². The quantitative estimate of drug-likeness (QED) is 0.783. The summed E-state index contributed by atoms with van der Waals surface area (Å²) in [6.45, 7) is 8.76. The van der Waals surface area contributed by atoms with Crippen LogP contribution in [0.5, 0.6) is 0 Å². The van der Waals surface area contributed by atoms with Crippen molar-refractivity contribution in [1.29, 1.82) is 0 Å². The molecule has 1 amide bonds. The van der Waals surface area contributed by atoms with Crippen molar-refractivity contribution in [3.05, 3.63) is 0 Å². The van der Waals surface area contributed by atoms with Gasteiger partial charge in [0, 0.05) is 0 Å². The molecule has 2 N–H and O–H groups in total. The van der Waals surface area contributed by atoms with E-state index in [2.05, 4.69) is 12.2 Å². The van der Waals surface area contributed by atoms with Gasteiger partial charge in [-0.1, -0.05) is 19.8 Å². The number of hydrogen-bond acceptors (Lipinski definition) is 3. The van der Waals surface area contributed by atoms with E-state index in [4.69, 9.17) is 9.84 Å². The zero-order valence-electron chi connectivity index (χ0n) is 11.2. The summed E-state index contributed by atoms with van der Waals surface area (Å²) in [6, 6.07) is -0.935. The highest BCUT2D eigenvalue weighted by atomic mass is 16.6. The van der Waals surface area contributed by atoms with Crippen molar-refractivity contribution in [2.75, 3.05) is 0 Å². The molecular formula is C12H23NO4. The minimum Gasteiger partial charge on any atom is -0.480 e. The molecular weight excluding hydrogens is 222 g/mol. The van der Waals surface area contributed by atoms with Gasteiger partial charge in [-0.15, -0.1) is 0 Å². The van der Waals surface area contributed by atoms with Crippen molar-refractivity contribution in [2.24, 2.45) is 5.92 Å². The van der Waals surface area contributed by atoms with Crippen LogP contribution in [0.15, 0.2) is 0 Å². The molecule has 0 heterocycles. The first-order valence-corrected chi connectivity index (χ1v) is 5.84. The average molecular weight is 245 g/mol. The first-order chi connectivity index (χ1) is 7.61. The molecule has 0 aromatic heterocycles. The first-order valence-electron chi connectivity index (χ1n) is 5.84. The van der Waals surface area contributed by atoms with Crippen molar-refractivity contribution < 1.29 is 19.4 Å².